The Morgan fingerprint density at radius 2 is 1.86 bits per heavy atom. The van der Waals surface area contributed by atoms with E-state index in [1.807, 2.05) is 38.1 Å². The summed E-state index contributed by atoms with van der Waals surface area (Å²) in [4.78, 5) is 26.2. The summed E-state index contributed by atoms with van der Waals surface area (Å²) in [6.07, 6.45) is 4.07. The number of carbonyl (C=O) groups is 1. The number of fused-ring (bicyclic) bond motifs is 4. The van der Waals surface area contributed by atoms with Gasteiger partial charge in [-0.25, -0.2) is 17.8 Å². The van der Waals surface area contributed by atoms with E-state index >= 15 is 4.39 Å². The van der Waals surface area contributed by atoms with Gasteiger partial charge in [-0.3, -0.25) is 14.5 Å². The lowest BCUT2D eigenvalue weighted by molar-refractivity contribution is -0.123. The predicted octanol–water partition coefficient (Wildman–Crippen LogP) is 4.57. The molecular weight excluding hydrogens is 607 g/mol. The maximum Gasteiger partial charge on any atom is 0.241 e. The Morgan fingerprint density at radius 3 is 2.57 bits per heavy atom. The van der Waals surface area contributed by atoms with Crippen molar-refractivity contribution in [1.82, 2.24) is 15.3 Å². The molecule has 6 rings (SSSR count). The van der Waals surface area contributed by atoms with Crippen molar-refractivity contribution in [2.24, 2.45) is 0 Å². The molecule has 0 bridgehead atoms. The van der Waals surface area contributed by atoms with Crippen LogP contribution in [-0.2, 0) is 20.2 Å². The molecule has 1 amide bonds. The standard InChI is InChI=1S/C31H32ClFN6O4S/c1-18(2)34-9-10-43-29-25(37-44(4,41)42)11-19(14-36-29)20-12-21-24(13-23(20)33)35-15-27-28(21)31(30(40)38(27)3)16-39(17-31)26-8-6-5-7-22(26)32/h5-8,11-15,18,34,37H,9-10,16-17H2,1-4H3. The average Bonchev–Trinajstić information content (AvgIpc) is 3.16. The summed E-state index contributed by atoms with van der Waals surface area (Å²) in [5.41, 5.74) is 2.43. The SMILES string of the molecule is CC(C)NCCOc1ncc(-c2cc3c4c(cnc3cc2F)N(C)C(=O)C42CN(c3ccccc3Cl)C2)cc1NS(C)(=O)=O. The Kier molecular flexibility index (Phi) is 7.63. The summed E-state index contributed by atoms with van der Waals surface area (Å²) in [7, 11) is -1.98. The molecule has 1 spiro atoms. The highest BCUT2D eigenvalue weighted by molar-refractivity contribution is 7.92. The van der Waals surface area contributed by atoms with Gasteiger partial charge in [-0.2, -0.15) is 0 Å². The Hall–Kier alpha value is -4.00. The third kappa shape index (κ3) is 5.31. The smallest absolute Gasteiger partial charge is 0.241 e. The molecule has 0 aliphatic carbocycles. The Labute approximate surface area is 260 Å². The summed E-state index contributed by atoms with van der Waals surface area (Å²) in [5, 5.41) is 4.45. The number of ether oxygens (including phenoxy) is 1. The van der Waals surface area contributed by atoms with Crippen molar-refractivity contribution in [3.05, 3.63) is 71.3 Å². The first-order chi connectivity index (χ1) is 20.9. The molecule has 2 aromatic carbocycles. The number of nitrogens with one attached hydrogen (secondary N) is 2. The maximum absolute atomic E-state index is 15.7. The van der Waals surface area contributed by atoms with Crippen LogP contribution >= 0.6 is 11.6 Å². The van der Waals surface area contributed by atoms with Crippen molar-refractivity contribution in [3.63, 3.8) is 0 Å². The molecule has 0 unspecified atom stereocenters. The highest BCUT2D eigenvalue weighted by Gasteiger charge is 2.58. The molecule has 2 N–H and O–H groups in total. The molecule has 1 fully saturated rings. The van der Waals surface area contributed by atoms with Gasteiger partial charge in [0.05, 0.1) is 34.4 Å². The quantitative estimate of drug-likeness (QED) is 0.256. The van der Waals surface area contributed by atoms with E-state index in [0.717, 1.165) is 17.5 Å². The number of hydrogen-bond acceptors (Lipinski definition) is 8. The molecule has 0 radical (unpaired) electrons. The van der Waals surface area contributed by atoms with Gasteiger partial charge in [0, 0.05) is 67.1 Å². The van der Waals surface area contributed by atoms with Gasteiger partial charge < -0.3 is 19.9 Å². The summed E-state index contributed by atoms with van der Waals surface area (Å²) < 4.78 is 48.2. The average molecular weight is 639 g/mol. The molecule has 0 saturated carbocycles. The minimum absolute atomic E-state index is 0.0641. The van der Waals surface area contributed by atoms with Crippen LogP contribution in [0.3, 0.4) is 0 Å². The molecule has 44 heavy (non-hydrogen) atoms. The van der Waals surface area contributed by atoms with E-state index in [0.29, 0.717) is 46.8 Å². The lowest BCUT2D eigenvalue weighted by Gasteiger charge is -2.48. The first kappa shape index (κ1) is 30.0. The number of para-hydroxylation sites is 1. The molecule has 4 heterocycles. The van der Waals surface area contributed by atoms with Gasteiger partial charge in [0.15, 0.2) is 0 Å². The van der Waals surface area contributed by atoms with Crippen LogP contribution in [0, 0.1) is 5.82 Å². The van der Waals surface area contributed by atoms with Crippen molar-refractivity contribution in [1.29, 1.82) is 0 Å². The first-order valence-corrected chi connectivity index (χ1v) is 16.4. The van der Waals surface area contributed by atoms with Gasteiger partial charge in [0.1, 0.15) is 23.5 Å². The van der Waals surface area contributed by atoms with E-state index in [4.69, 9.17) is 16.3 Å². The number of hydrogen-bond donors (Lipinski definition) is 2. The molecule has 1 saturated heterocycles. The number of halogens is 2. The van der Waals surface area contributed by atoms with Gasteiger partial charge in [0.2, 0.25) is 21.8 Å². The fourth-order valence-electron chi connectivity index (χ4n) is 5.98. The second-order valence-corrected chi connectivity index (χ2v) is 13.7. The van der Waals surface area contributed by atoms with E-state index in [9.17, 15) is 13.2 Å². The summed E-state index contributed by atoms with van der Waals surface area (Å²) >= 11 is 6.46. The zero-order valence-electron chi connectivity index (χ0n) is 24.7. The van der Waals surface area contributed by atoms with Crippen LogP contribution in [0.2, 0.25) is 5.02 Å². The molecule has 4 aromatic rings. The summed E-state index contributed by atoms with van der Waals surface area (Å²) in [6.45, 7) is 5.59. The topological polar surface area (TPSA) is 117 Å². The van der Waals surface area contributed by atoms with Gasteiger partial charge in [0.25, 0.3) is 0 Å². The van der Waals surface area contributed by atoms with Crippen LogP contribution in [0.5, 0.6) is 5.88 Å². The van der Waals surface area contributed by atoms with Crippen molar-refractivity contribution in [2.45, 2.75) is 25.3 Å². The van der Waals surface area contributed by atoms with Crippen molar-refractivity contribution >= 4 is 55.5 Å². The van der Waals surface area contributed by atoms with Gasteiger partial charge in [-0.05, 0) is 24.3 Å². The van der Waals surface area contributed by atoms with Gasteiger partial charge in [-0.15, -0.1) is 0 Å². The number of nitrogens with zero attached hydrogens (tertiary/aromatic N) is 4. The van der Waals surface area contributed by atoms with Crippen LogP contribution in [-0.4, -0.2) is 69.9 Å². The number of benzene rings is 2. The zero-order chi connectivity index (χ0) is 31.4. The van der Waals surface area contributed by atoms with Crippen molar-refractivity contribution < 1.29 is 22.3 Å². The van der Waals surface area contributed by atoms with Crippen LogP contribution < -0.4 is 24.6 Å². The number of amides is 1. The number of likely N-dealkylation sites (N-methyl/N-ethyl adjacent to an activating group) is 1. The van der Waals surface area contributed by atoms with Crippen LogP contribution in [0.4, 0.5) is 21.5 Å². The first-order valence-electron chi connectivity index (χ1n) is 14.1. The number of rotatable bonds is 9. The molecule has 2 aliphatic heterocycles. The highest BCUT2D eigenvalue weighted by Crippen LogP contribution is 2.51. The number of pyridine rings is 2. The van der Waals surface area contributed by atoms with Crippen LogP contribution in [0.1, 0.15) is 19.4 Å². The number of sulfonamides is 1. The number of aromatic nitrogens is 2. The van der Waals surface area contributed by atoms with Gasteiger partial charge >= 0.3 is 0 Å². The zero-order valence-corrected chi connectivity index (χ0v) is 26.3. The lowest BCUT2D eigenvalue weighted by atomic mass is 9.73. The van der Waals surface area contributed by atoms with E-state index in [1.54, 1.807) is 24.2 Å². The second kappa shape index (κ2) is 11.2. The van der Waals surface area contributed by atoms with E-state index in [1.165, 1.54) is 18.3 Å². The fraction of sp³-hybridized carbons (Fsp3) is 0.323. The minimum Gasteiger partial charge on any atom is -0.475 e. The molecule has 2 aromatic heterocycles. The van der Waals surface area contributed by atoms with Crippen LogP contribution in [0.15, 0.2) is 54.9 Å². The highest BCUT2D eigenvalue weighted by atomic mass is 35.5. The molecule has 0 atom stereocenters. The predicted molar refractivity (Wildman–Crippen MR) is 171 cm³/mol. The third-order valence-electron chi connectivity index (χ3n) is 7.96. The normalized spacial score (nSPS) is 15.7. The molecule has 2 aliphatic rings. The van der Waals surface area contributed by atoms with E-state index < -0.39 is 21.3 Å². The number of carbonyl (C=O) groups excluding carboxylic acids is 1. The molecular formula is C31H32ClFN6O4S. The van der Waals surface area contributed by atoms with Crippen molar-refractivity contribution in [2.75, 3.05) is 54.1 Å². The Morgan fingerprint density at radius 1 is 1.11 bits per heavy atom. The largest absolute Gasteiger partial charge is 0.475 e. The van der Waals surface area contributed by atoms with E-state index in [-0.39, 0.29) is 35.7 Å². The summed E-state index contributed by atoms with van der Waals surface area (Å²) in [5.74, 6) is -0.551. The maximum atomic E-state index is 15.7. The third-order valence-corrected chi connectivity index (χ3v) is 8.87. The van der Waals surface area contributed by atoms with E-state index in [2.05, 4.69) is 24.9 Å². The van der Waals surface area contributed by atoms with Crippen LogP contribution in [0.25, 0.3) is 22.0 Å². The Balaban J connectivity index is 1.42. The van der Waals surface area contributed by atoms with Crippen molar-refractivity contribution in [3.8, 4) is 17.0 Å². The molecule has 230 valence electrons. The molecule has 10 nitrogen and oxygen atoms in total. The molecule has 13 heteroatoms. The second-order valence-electron chi connectivity index (χ2n) is 11.5. The lowest BCUT2D eigenvalue weighted by Crippen LogP contribution is -2.64. The minimum atomic E-state index is -3.70. The number of anilines is 3. The summed E-state index contributed by atoms with van der Waals surface area (Å²) in [6, 6.07) is 12.2. The Bertz CT molecular complexity index is 1900. The van der Waals surface area contributed by atoms with Gasteiger partial charge in [-0.1, -0.05) is 37.6 Å². The fourth-order valence-corrected chi connectivity index (χ4v) is 6.78. The monoisotopic (exact) mass is 638 g/mol.